The van der Waals surface area contributed by atoms with Crippen LogP contribution in [0.5, 0.6) is 0 Å². The zero-order valence-electron chi connectivity index (χ0n) is 12.8. The van der Waals surface area contributed by atoms with Crippen LogP contribution in [-0.2, 0) is 9.84 Å². The number of benzene rings is 3. The highest BCUT2D eigenvalue weighted by molar-refractivity contribution is 7.90. The minimum absolute atomic E-state index is 0.261. The molecule has 0 bridgehead atoms. The molecule has 2 nitrogen and oxygen atoms in total. The van der Waals surface area contributed by atoms with Crippen LogP contribution in [0.1, 0.15) is 0 Å². The predicted molar refractivity (Wildman–Crippen MR) is 95.4 cm³/mol. The van der Waals surface area contributed by atoms with Crippen molar-refractivity contribution in [2.75, 3.05) is 6.26 Å². The van der Waals surface area contributed by atoms with E-state index in [0.717, 1.165) is 22.3 Å². The van der Waals surface area contributed by atoms with E-state index in [1.165, 1.54) is 18.4 Å². The van der Waals surface area contributed by atoms with E-state index in [-0.39, 0.29) is 10.7 Å². The largest absolute Gasteiger partial charge is 0.224 e. The van der Waals surface area contributed by atoms with Gasteiger partial charge in [-0.3, -0.25) is 0 Å². The van der Waals surface area contributed by atoms with Gasteiger partial charge >= 0.3 is 0 Å². The Labute approximate surface area is 145 Å². The average Bonchev–Trinajstić information content (AvgIpc) is 2.55. The van der Waals surface area contributed by atoms with Gasteiger partial charge in [-0.15, -0.1) is 0 Å². The minimum Gasteiger partial charge on any atom is -0.224 e. The first-order valence-corrected chi connectivity index (χ1v) is 9.47. The van der Waals surface area contributed by atoms with Crippen molar-refractivity contribution in [3.8, 4) is 22.3 Å². The van der Waals surface area contributed by atoms with E-state index in [9.17, 15) is 12.8 Å². The minimum atomic E-state index is -3.24. The molecule has 3 rings (SSSR count). The number of hydrogen-bond donors (Lipinski definition) is 0. The highest BCUT2D eigenvalue weighted by Gasteiger charge is 2.11. The summed E-state index contributed by atoms with van der Waals surface area (Å²) >= 11 is 6.13. The predicted octanol–water partition coefficient (Wildman–Crippen LogP) is 5.22. The van der Waals surface area contributed by atoms with Crippen molar-refractivity contribution in [1.29, 1.82) is 0 Å². The lowest BCUT2D eigenvalue weighted by Gasteiger charge is -2.11. The molecule has 0 spiro atoms. The van der Waals surface area contributed by atoms with E-state index >= 15 is 0 Å². The normalized spacial score (nSPS) is 11.5. The molecular formula is C19H14ClFO2S. The van der Waals surface area contributed by atoms with Crippen LogP contribution in [0.15, 0.2) is 71.6 Å². The molecule has 0 unspecified atom stereocenters. The molecule has 0 aliphatic carbocycles. The number of sulfone groups is 1. The Morgan fingerprint density at radius 2 is 1.33 bits per heavy atom. The summed E-state index contributed by atoms with van der Waals surface area (Å²) in [6, 6.07) is 18.3. The molecule has 0 aliphatic rings. The molecule has 3 aromatic carbocycles. The fraction of sp³-hybridized carbons (Fsp3) is 0.0526. The van der Waals surface area contributed by atoms with Crippen molar-refractivity contribution < 1.29 is 12.8 Å². The van der Waals surface area contributed by atoms with Gasteiger partial charge in [0.25, 0.3) is 0 Å². The highest BCUT2D eigenvalue weighted by atomic mass is 35.5. The fourth-order valence-electron chi connectivity index (χ4n) is 2.52. The van der Waals surface area contributed by atoms with Gasteiger partial charge in [-0.25, -0.2) is 12.8 Å². The molecule has 0 atom stereocenters. The molecule has 0 saturated heterocycles. The van der Waals surface area contributed by atoms with Gasteiger partial charge in [-0.05, 0) is 58.7 Å². The van der Waals surface area contributed by atoms with E-state index < -0.39 is 9.84 Å². The Morgan fingerprint density at radius 3 is 1.92 bits per heavy atom. The second-order valence-electron chi connectivity index (χ2n) is 5.49. The van der Waals surface area contributed by atoms with Gasteiger partial charge in [0.1, 0.15) is 5.82 Å². The molecule has 5 heteroatoms. The molecule has 0 amide bonds. The maximum atomic E-state index is 13.2. The van der Waals surface area contributed by atoms with Crippen LogP contribution in [0.25, 0.3) is 22.3 Å². The van der Waals surface area contributed by atoms with E-state index in [0.29, 0.717) is 5.02 Å². The van der Waals surface area contributed by atoms with Crippen LogP contribution in [0.2, 0.25) is 5.02 Å². The van der Waals surface area contributed by atoms with Crippen LogP contribution in [0.4, 0.5) is 4.39 Å². The molecular weight excluding hydrogens is 347 g/mol. The van der Waals surface area contributed by atoms with Crippen molar-refractivity contribution in [3.63, 3.8) is 0 Å². The third-order valence-electron chi connectivity index (χ3n) is 3.73. The monoisotopic (exact) mass is 360 g/mol. The molecule has 24 heavy (non-hydrogen) atoms. The Morgan fingerprint density at radius 1 is 0.792 bits per heavy atom. The zero-order valence-corrected chi connectivity index (χ0v) is 14.4. The Kier molecular flexibility index (Phi) is 4.43. The number of halogens is 2. The molecule has 0 N–H and O–H groups in total. The number of hydrogen-bond acceptors (Lipinski definition) is 2. The van der Waals surface area contributed by atoms with Crippen molar-refractivity contribution in [2.45, 2.75) is 4.90 Å². The fourth-order valence-corrected chi connectivity index (χ4v) is 3.32. The van der Waals surface area contributed by atoms with Gasteiger partial charge in [0.2, 0.25) is 0 Å². The average molecular weight is 361 g/mol. The summed E-state index contributed by atoms with van der Waals surface area (Å²) in [4.78, 5) is 0.261. The van der Waals surface area contributed by atoms with Crippen LogP contribution in [-0.4, -0.2) is 14.7 Å². The van der Waals surface area contributed by atoms with Crippen LogP contribution in [0, 0.1) is 5.82 Å². The summed E-state index contributed by atoms with van der Waals surface area (Å²) in [7, 11) is -3.24. The summed E-state index contributed by atoms with van der Waals surface area (Å²) in [6.07, 6.45) is 1.17. The molecule has 0 radical (unpaired) electrons. The Balaban J connectivity index is 2.13. The molecule has 122 valence electrons. The quantitative estimate of drug-likeness (QED) is 0.642. The van der Waals surface area contributed by atoms with Gasteiger partial charge in [-0.1, -0.05) is 41.9 Å². The second-order valence-corrected chi connectivity index (χ2v) is 7.95. The third-order valence-corrected chi connectivity index (χ3v) is 5.09. The highest BCUT2D eigenvalue weighted by Crippen LogP contribution is 2.34. The standard InChI is InChI=1S/C19H14ClFO2S/c1-24(22,23)17-9-4-14(5-10-17)19-12-15(20)6-11-18(19)13-2-7-16(21)8-3-13/h2-12H,1H3. The van der Waals surface area contributed by atoms with Crippen molar-refractivity contribution >= 4 is 21.4 Å². The lowest BCUT2D eigenvalue weighted by atomic mass is 9.95. The SMILES string of the molecule is CS(=O)(=O)c1ccc(-c2cc(Cl)ccc2-c2ccc(F)cc2)cc1. The van der Waals surface area contributed by atoms with Crippen molar-refractivity contribution in [2.24, 2.45) is 0 Å². The maximum Gasteiger partial charge on any atom is 0.175 e. The van der Waals surface area contributed by atoms with E-state index in [2.05, 4.69) is 0 Å². The van der Waals surface area contributed by atoms with Crippen molar-refractivity contribution in [1.82, 2.24) is 0 Å². The topological polar surface area (TPSA) is 34.1 Å². The summed E-state index contributed by atoms with van der Waals surface area (Å²) in [5, 5.41) is 0.572. The van der Waals surface area contributed by atoms with E-state index in [1.54, 1.807) is 42.5 Å². The van der Waals surface area contributed by atoms with E-state index in [4.69, 9.17) is 11.6 Å². The second kappa shape index (κ2) is 6.38. The summed E-state index contributed by atoms with van der Waals surface area (Å²) in [5.41, 5.74) is 3.44. The molecule has 0 heterocycles. The third kappa shape index (κ3) is 3.50. The van der Waals surface area contributed by atoms with E-state index in [1.807, 2.05) is 12.1 Å². The first-order valence-electron chi connectivity index (χ1n) is 7.20. The van der Waals surface area contributed by atoms with Gasteiger partial charge < -0.3 is 0 Å². The zero-order chi connectivity index (χ0) is 17.3. The Bertz CT molecular complexity index is 979. The molecule has 0 fully saturated rings. The maximum absolute atomic E-state index is 13.2. The molecule has 0 aliphatic heterocycles. The summed E-state index contributed by atoms with van der Waals surface area (Å²) in [5.74, 6) is -0.299. The smallest absolute Gasteiger partial charge is 0.175 e. The van der Waals surface area contributed by atoms with Gasteiger partial charge in [-0.2, -0.15) is 0 Å². The van der Waals surface area contributed by atoms with Gasteiger partial charge in [0, 0.05) is 11.3 Å². The van der Waals surface area contributed by atoms with Gasteiger partial charge in [0.05, 0.1) is 4.90 Å². The molecule has 3 aromatic rings. The summed E-state index contributed by atoms with van der Waals surface area (Å²) < 4.78 is 36.4. The summed E-state index contributed by atoms with van der Waals surface area (Å²) in [6.45, 7) is 0. The molecule has 0 aromatic heterocycles. The molecule has 0 saturated carbocycles. The lowest BCUT2D eigenvalue weighted by molar-refractivity contribution is 0.602. The Hall–Kier alpha value is -2.17. The first-order chi connectivity index (χ1) is 11.3. The number of rotatable bonds is 3. The van der Waals surface area contributed by atoms with Gasteiger partial charge in [0.15, 0.2) is 9.84 Å². The van der Waals surface area contributed by atoms with Crippen molar-refractivity contribution in [3.05, 3.63) is 77.6 Å². The van der Waals surface area contributed by atoms with Crippen LogP contribution >= 0.6 is 11.6 Å². The van der Waals surface area contributed by atoms with Crippen LogP contribution < -0.4 is 0 Å². The van der Waals surface area contributed by atoms with Crippen LogP contribution in [0.3, 0.4) is 0 Å². The first kappa shape index (κ1) is 16.7. The lowest BCUT2D eigenvalue weighted by Crippen LogP contribution is -1.96.